The van der Waals surface area contributed by atoms with Crippen molar-refractivity contribution in [2.24, 2.45) is 0 Å². The van der Waals surface area contributed by atoms with Gasteiger partial charge in [0, 0.05) is 44.1 Å². The Morgan fingerprint density at radius 2 is 1.87 bits per heavy atom. The molecule has 2 heterocycles. The molecular formula is C11H18F2N2. The van der Waals surface area contributed by atoms with Crippen molar-refractivity contribution < 1.29 is 8.78 Å². The Hall–Kier alpha value is -0.220. The van der Waals surface area contributed by atoms with E-state index >= 15 is 0 Å². The molecule has 15 heavy (non-hydrogen) atoms. The lowest BCUT2D eigenvalue weighted by Gasteiger charge is -2.43. The number of nitrogens with one attached hydrogen (secondary N) is 1. The molecule has 4 heteroatoms. The van der Waals surface area contributed by atoms with Gasteiger partial charge in [0.1, 0.15) is 0 Å². The van der Waals surface area contributed by atoms with Crippen molar-refractivity contribution in [3.05, 3.63) is 0 Å². The van der Waals surface area contributed by atoms with Crippen LogP contribution in [-0.2, 0) is 0 Å². The van der Waals surface area contributed by atoms with E-state index in [4.69, 9.17) is 0 Å². The van der Waals surface area contributed by atoms with Crippen molar-refractivity contribution in [2.45, 2.75) is 49.6 Å². The van der Waals surface area contributed by atoms with Crippen LogP contribution in [0.3, 0.4) is 0 Å². The predicted octanol–water partition coefficient (Wildman–Crippen LogP) is 1.61. The van der Waals surface area contributed by atoms with E-state index in [1.165, 1.54) is 19.3 Å². The fourth-order valence-electron chi connectivity index (χ4n) is 3.48. The van der Waals surface area contributed by atoms with Crippen LogP contribution < -0.4 is 5.32 Å². The summed E-state index contributed by atoms with van der Waals surface area (Å²) >= 11 is 0. The lowest BCUT2D eigenvalue weighted by Crippen LogP contribution is -2.54. The highest BCUT2D eigenvalue weighted by Crippen LogP contribution is 2.42. The molecule has 0 aromatic rings. The summed E-state index contributed by atoms with van der Waals surface area (Å²) in [6.07, 6.45) is 3.72. The van der Waals surface area contributed by atoms with Gasteiger partial charge in [-0.25, -0.2) is 8.78 Å². The summed E-state index contributed by atoms with van der Waals surface area (Å²) in [6, 6.07) is 0.660. The van der Waals surface area contributed by atoms with Crippen molar-refractivity contribution >= 4 is 0 Å². The quantitative estimate of drug-likeness (QED) is 0.716. The van der Waals surface area contributed by atoms with Crippen LogP contribution in [0, 0.1) is 0 Å². The maximum absolute atomic E-state index is 13.1. The monoisotopic (exact) mass is 216 g/mol. The molecule has 3 aliphatic rings. The van der Waals surface area contributed by atoms with Crippen LogP contribution >= 0.6 is 0 Å². The molecular weight excluding hydrogens is 198 g/mol. The summed E-state index contributed by atoms with van der Waals surface area (Å²) in [6.45, 7) is 2.19. The first-order chi connectivity index (χ1) is 7.10. The van der Waals surface area contributed by atoms with Gasteiger partial charge in [0.15, 0.2) is 0 Å². The largest absolute Gasteiger partial charge is 0.312 e. The molecule has 2 atom stereocenters. The lowest BCUT2D eigenvalue weighted by molar-refractivity contribution is -0.0758. The van der Waals surface area contributed by atoms with E-state index in [0.717, 1.165) is 6.54 Å². The zero-order chi connectivity index (χ0) is 10.5. The second kappa shape index (κ2) is 3.14. The third kappa shape index (κ3) is 1.58. The molecule has 0 aromatic heterocycles. The first-order valence-electron chi connectivity index (χ1n) is 5.96. The maximum atomic E-state index is 13.1. The maximum Gasteiger partial charge on any atom is 0.250 e. The van der Waals surface area contributed by atoms with Crippen LogP contribution in [0.2, 0.25) is 0 Å². The van der Waals surface area contributed by atoms with Gasteiger partial charge in [0.05, 0.1) is 0 Å². The summed E-state index contributed by atoms with van der Waals surface area (Å²) in [7, 11) is 0. The van der Waals surface area contributed by atoms with E-state index in [9.17, 15) is 8.78 Å². The van der Waals surface area contributed by atoms with Gasteiger partial charge in [-0.3, -0.25) is 4.90 Å². The molecule has 0 spiro atoms. The Kier molecular flexibility index (Phi) is 2.09. The number of halogens is 2. The van der Waals surface area contributed by atoms with Gasteiger partial charge in [-0.1, -0.05) is 0 Å². The molecule has 1 N–H and O–H groups in total. The Labute approximate surface area is 89.0 Å². The molecule has 3 fully saturated rings. The molecule has 2 nitrogen and oxygen atoms in total. The summed E-state index contributed by atoms with van der Waals surface area (Å²) in [5.74, 6) is -2.41. The normalized spacial score (nSPS) is 44.8. The third-order valence-corrected chi connectivity index (χ3v) is 4.47. The average Bonchev–Trinajstić information content (AvgIpc) is 2.78. The average molecular weight is 216 g/mol. The molecule has 0 amide bonds. The molecule has 1 aliphatic carbocycles. The fourth-order valence-corrected chi connectivity index (χ4v) is 3.48. The van der Waals surface area contributed by atoms with Gasteiger partial charge in [0.2, 0.25) is 0 Å². The molecule has 3 rings (SSSR count). The second-order valence-corrected chi connectivity index (χ2v) is 5.39. The molecule has 86 valence electrons. The second-order valence-electron chi connectivity index (χ2n) is 5.39. The number of alkyl halides is 2. The van der Waals surface area contributed by atoms with E-state index < -0.39 is 5.92 Å². The van der Waals surface area contributed by atoms with Gasteiger partial charge < -0.3 is 5.32 Å². The van der Waals surface area contributed by atoms with Crippen molar-refractivity contribution in [1.29, 1.82) is 0 Å². The molecule has 2 saturated heterocycles. The van der Waals surface area contributed by atoms with Gasteiger partial charge in [-0.2, -0.15) is 0 Å². The van der Waals surface area contributed by atoms with Crippen molar-refractivity contribution in [1.82, 2.24) is 10.2 Å². The highest BCUT2D eigenvalue weighted by molar-refractivity contribution is 5.08. The zero-order valence-corrected chi connectivity index (χ0v) is 8.94. The van der Waals surface area contributed by atoms with Gasteiger partial charge in [-0.05, 0) is 19.3 Å². The first-order valence-corrected chi connectivity index (χ1v) is 5.96. The SMILES string of the molecule is FC1(F)CCN(C23CCC(C2)NC3)CC1. The molecule has 2 bridgehead atoms. The molecule has 2 aliphatic heterocycles. The van der Waals surface area contributed by atoms with Crippen molar-refractivity contribution in [3.8, 4) is 0 Å². The standard InChI is InChI=1S/C11H18F2N2/c12-11(13)3-5-15(6-4-11)10-2-1-9(7-10)14-8-10/h9,14H,1-8H2. The van der Waals surface area contributed by atoms with E-state index in [-0.39, 0.29) is 18.4 Å². The third-order valence-electron chi connectivity index (χ3n) is 4.47. The first kappa shape index (κ1) is 9.97. The minimum atomic E-state index is -2.41. The van der Waals surface area contributed by atoms with Crippen LogP contribution in [0.15, 0.2) is 0 Å². The lowest BCUT2D eigenvalue weighted by atomic mass is 9.92. The fraction of sp³-hybridized carbons (Fsp3) is 1.00. The number of rotatable bonds is 1. The summed E-state index contributed by atoms with van der Waals surface area (Å²) in [5, 5.41) is 3.49. The summed E-state index contributed by atoms with van der Waals surface area (Å²) < 4.78 is 26.1. The molecule has 1 saturated carbocycles. The summed E-state index contributed by atoms with van der Waals surface area (Å²) in [4.78, 5) is 2.32. The van der Waals surface area contributed by atoms with Crippen LogP contribution in [0.25, 0.3) is 0 Å². The number of likely N-dealkylation sites (tertiary alicyclic amines) is 1. The van der Waals surface area contributed by atoms with Crippen LogP contribution in [-0.4, -0.2) is 42.0 Å². The Balaban J connectivity index is 1.69. The van der Waals surface area contributed by atoms with Gasteiger partial charge >= 0.3 is 0 Å². The van der Waals surface area contributed by atoms with Gasteiger partial charge in [0.25, 0.3) is 5.92 Å². The van der Waals surface area contributed by atoms with Crippen LogP contribution in [0.4, 0.5) is 8.78 Å². The van der Waals surface area contributed by atoms with E-state index in [1.807, 2.05) is 0 Å². The number of hydrogen-bond acceptors (Lipinski definition) is 2. The van der Waals surface area contributed by atoms with Crippen LogP contribution in [0.5, 0.6) is 0 Å². The minimum Gasteiger partial charge on any atom is -0.312 e. The van der Waals surface area contributed by atoms with Crippen LogP contribution in [0.1, 0.15) is 32.1 Å². The summed E-state index contributed by atoms with van der Waals surface area (Å²) in [5.41, 5.74) is 0.237. The van der Waals surface area contributed by atoms with Crippen molar-refractivity contribution in [3.63, 3.8) is 0 Å². The van der Waals surface area contributed by atoms with Crippen molar-refractivity contribution in [2.75, 3.05) is 19.6 Å². The zero-order valence-electron chi connectivity index (χ0n) is 8.94. The number of nitrogens with zero attached hydrogens (tertiary/aromatic N) is 1. The number of piperidine rings is 2. The number of fused-ring (bicyclic) bond motifs is 2. The van der Waals surface area contributed by atoms with E-state index in [2.05, 4.69) is 10.2 Å². The molecule has 0 aromatic carbocycles. The van der Waals surface area contributed by atoms with Gasteiger partial charge in [-0.15, -0.1) is 0 Å². The smallest absolute Gasteiger partial charge is 0.250 e. The molecule has 2 unspecified atom stereocenters. The van der Waals surface area contributed by atoms with E-state index in [1.54, 1.807) is 0 Å². The minimum absolute atomic E-state index is 0.0550. The highest BCUT2D eigenvalue weighted by atomic mass is 19.3. The Bertz CT molecular complexity index is 249. The van der Waals surface area contributed by atoms with E-state index in [0.29, 0.717) is 19.1 Å². The Morgan fingerprint density at radius 1 is 1.13 bits per heavy atom. The number of hydrogen-bond donors (Lipinski definition) is 1. The topological polar surface area (TPSA) is 15.3 Å². The molecule has 0 radical (unpaired) electrons. The predicted molar refractivity (Wildman–Crippen MR) is 54.1 cm³/mol. The Morgan fingerprint density at radius 3 is 2.33 bits per heavy atom. The highest BCUT2D eigenvalue weighted by Gasteiger charge is 2.50.